The number of ether oxygens (including phenoxy) is 1. The minimum atomic E-state index is -0.116. The number of carbonyl (C=O) groups excluding carboxylic acids is 1. The minimum absolute atomic E-state index is 0.111. The summed E-state index contributed by atoms with van der Waals surface area (Å²) in [4.78, 5) is 20.1. The summed E-state index contributed by atoms with van der Waals surface area (Å²) in [6.07, 6.45) is 1.62. The summed E-state index contributed by atoms with van der Waals surface area (Å²) in [5.41, 5.74) is 2.03. The van der Waals surface area contributed by atoms with Crippen molar-refractivity contribution >= 4 is 28.8 Å². The van der Waals surface area contributed by atoms with Gasteiger partial charge in [-0.15, -0.1) is 11.3 Å². The number of rotatable bonds is 6. The highest BCUT2D eigenvalue weighted by Gasteiger charge is 2.23. The Bertz CT molecular complexity index is 957. The molecular weight excluding hydrogens is 406 g/mol. The first-order valence-electron chi connectivity index (χ1n) is 9.58. The molecule has 1 aliphatic rings. The summed E-state index contributed by atoms with van der Waals surface area (Å²) in [5.74, 6) is -0.116. The van der Waals surface area contributed by atoms with E-state index < -0.39 is 0 Å². The second kappa shape index (κ2) is 9.50. The van der Waals surface area contributed by atoms with Crippen molar-refractivity contribution in [3.63, 3.8) is 0 Å². The maximum Gasteiger partial charge on any atom is 0.263 e. The monoisotopic (exact) mass is 427 g/mol. The number of halogens is 1. The van der Waals surface area contributed by atoms with Gasteiger partial charge in [0.2, 0.25) is 0 Å². The fourth-order valence-corrected chi connectivity index (χ4v) is 4.59. The van der Waals surface area contributed by atoms with Gasteiger partial charge in [-0.25, -0.2) is 4.98 Å². The van der Waals surface area contributed by atoms with Crippen molar-refractivity contribution < 1.29 is 9.53 Å². The molecule has 29 heavy (non-hydrogen) atoms. The number of morpholine rings is 1. The Morgan fingerprint density at radius 3 is 2.62 bits per heavy atom. The van der Waals surface area contributed by atoms with Gasteiger partial charge in [-0.05, 0) is 11.6 Å². The highest BCUT2D eigenvalue weighted by molar-refractivity contribution is 7.17. The molecule has 1 atom stereocenters. The lowest BCUT2D eigenvalue weighted by molar-refractivity contribution is 0.0162. The van der Waals surface area contributed by atoms with Crippen LogP contribution in [0.1, 0.15) is 21.3 Å². The minimum Gasteiger partial charge on any atom is -0.379 e. The summed E-state index contributed by atoms with van der Waals surface area (Å²) in [7, 11) is 0. The first-order valence-corrected chi connectivity index (χ1v) is 10.8. The van der Waals surface area contributed by atoms with E-state index in [1.54, 1.807) is 6.20 Å². The molecule has 0 radical (unpaired) electrons. The van der Waals surface area contributed by atoms with Gasteiger partial charge in [-0.1, -0.05) is 60.1 Å². The highest BCUT2D eigenvalue weighted by atomic mass is 35.5. The summed E-state index contributed by atoms with van der Waals surface area (Å²) in [5, 5.41) is 4.46. The number of thiazole rings is 1. The number of benzene rings is 2. The van der Waals surface area contributed by atoms with Crippen LogP contribution < -0.4 is 5.32 Å². The predicted octanol–water partition coefficient (Wildman–Crippen LogP) is 4.27. The largest absolute Gasteiger partial charge is 0.379 e. The van der Waals surface area contributed by atoms with Crippen molar-refractivity contribution in [3.8, 4) is 10.6 Å². The fourth-order valence-electron chi connectivity index (χ4n) is 3.44. The van der Waals surface area contributed by atoms with Gasteiger partial charge in [0, 0.05) is 25.2 Å². The lowest BCUT2D eigenvalue weighted by Gasteiger charge is -2.34. The van der Waals surface area contributed by atoms with Crippen LogP contribution in [0.2, 0.25) is 5.02 Å². The van der Waals surface area contributed by atoms with E-state index in [4.69, 9.17) is 16.3 Å². The maximum atomic E-state index is 12.8. The molecule has 1 fully saturated rings. The van der Waals surface area contributed by atoms with Crippen molar-refractivity contribution in [2.45, 2.75) is 6.04 Å². The van der Waals surface area contributed by atoms with Crippen molar-refractivity contribution in [2.24, 2.45) is 0 Å². The molecule has 3 aromatic rings. The first-order chi connectivity index (χ1) is 14.2. The lowest BCUT2D eigenvalue weighted by Crippen LogP contribution is -2.43. The molecule has 0 aliphatic carbocycles. The molecule has 2 heterocycles. The molecule has 1 aromatic heterocycles. The van der Waals surface area contributed by atoms with Gasteiger partial charge in [0.25, 0.3) is 5.91 Å². The van der Waals surface area contributed by atoms with Crippen LogP contribution in [0.5, 0.6) is 0 Å². The quantitative estimate of drug-likeness (QED) is 0.638. The number of nitrogens with one attached hydrogen (secondary N) is 1. The van der Waals surface area contributed by atoms with Crippen LogP contribution in [0.3, 0.4) is 0 Å². The Labute approximate surface area is 179 Å². The number of hydrogen-bond donors (Lipinski definition) is 1. The summed E-state index contributed by atoms with van der Waals surface area (Å²) in [6, 6.07) is 17.9. The highest BCUT2D eigenvalue weighted by Crippen LogP contribution is 2.31. The molecule has 0 bridgehead atoms. The smallest absolute Gasteiger partial charge is 0.263 e. The van der Waals surface area contributed by atoms with E-state index in [0.717, 1.165) is 23.7 Å². The molecule has 0 saturated carbocycles. The summed E-state index contributed by atoms with van der Waals surface area (Å²) in [6.45, 7) is 3.67. The molecule has 1 unspecified atom stereocenters. The van der Waals surface area contributed by atoms with Gasteiger partial charge in [0.1, 0.15) is 9.88 Å². The third-order valence-corrected chi connectivity index (χ3v) is 6.32. The molecule has 1 saturated heterocycles. The number of aromatic nitrogens is 1. The van der Waals surface area contributed by atoms with Crippen LogP contribution in [0.15, 0.2) is 60.8 Å². The van der Waals surface area contributed by atoms with E-state index in [2.05, 4.69) is 27.3 Å². The Balaban J connectivity index is 1.46. The summed E-state index contributed by atoms with van der Waals surface area (Å²) < 4.78 is 5.49. The molecule has 2 aromatic carbocycles. The zero-order valence-corrected chi connectivity index (χ0v) is 17.5. The number of carbonyl (C=O) groups is 1. The topological polar surface area (TPSA) is 54.5 Å². The third kappa shape index (κ3) is 4.85. The van der Waals surface area contributed by atoms with E-state index in [1.807, 2.05) is 42.5 Å². The summed E-state index contributed by atoms with van der Waals surface area (Å²) >= 11 is 7.60. The molecule has 4 rings (SSSR count). The standard InChI is InChI=1S/C22H22ClN3O2S/c23-18-9-5-4-8-17(18)22-25-15-20(29-22)21(27)24-14-19(16-6-2-1-3-7-16)26-10-12-28-13-11-26/h1-9,15,19H,10-14H2,(H,24,27). The third-order valence-electron chi connectivity index (χ3n) is 4.96. The van der Waals surface area contributed by atoms with Crippen LogP contribution >= 0.6 is 22.9 Å². The molecule has 7 heteroatoms. The van der Waals surface area contributed by atoms with E-state index in [0.29, 0.717) is 29.7 Å². The fraction of sp³-hybridized carbons (Fsp3) is 0.273. The van der Waals surface area contributed by atoms with E-state index >= 15 is 0 Å². The first kappa shape index (κ1) is 20.0. The van der Waals surface area contributed by atoms with Crippen molar-refractivity contribution in [1.82, 2.24) is 15.2 Å². The Kier molecular flexibility index (Phi) is 6.56. The Morgan fingerprint density at radius 1 is 1.14 bits per heavy atom. The zero-order chi connectivity index (χ0) is 20.1. The number of amides is 1. The average molecular weight is 428 g/mol. The van der Waals surface area contributed by atoms with Crippen molar-refractivity contribution in [1.29, 1.82) is 0 Å². The van der Waals surface area contributed by atoms with Crippen LogP contribution in [0, 0.1) is 0 Å². The normalized spacial score (nSPS) is 15.8. The van der Waals surface area contributed by atoms with Crippen LogP contribution in [-0.2, 0) is 4.74 Å². The Morgan fingerprint density at radius 2 is 1.86 bits per heavy atom. The molecular formula is C22H22ClN3O2S. The van der Waals surface area contributed by atoms with Crippen LogP contribution in [0.25, 0.3) is 10.6 Å². The molecule has 150 valence electrons. The van der Waals surface area contributed by atoms with Gasteiger partial charge >= 0.3 is 0 Å². The van der Waals surface area contributed by atoms with Gasteiger partial charge < -0.3 is 10.1 Å². The average Bonchev–Trinajstić information content (AvgIpc) is 3.26. The Hall–Kier alpha value is -2.25. The second-order valence-corrected chi connectivity index (χ2v) is 8.23. The van der Waals surface area contributed by atoms with Crippen molar-refractivity contribution in [3.05, 3.63) is 76.3 Å². The molecule has 1 aliphatic heterocycles. The predicted molar refractivity (Wildman–Crippen MR) is 116 cm³/mol. The van der Waals surface area contributed by atoms with Crippen molar-refractivity contribution in [2.75, 3.05) is 32.8 Å². The van der Waals surface area contributed by atoms with Crippen LogP contribution in [0.4, 0.5) is 0 Å². The van der Waals surface area contributed by atoms with Gasteiger partial charge in [0.15, 0.2) is 0 Å². The van der Waals surface area contributed by atoms with E-state index in [1.165, 1.54) is 16.9 Å². The molecule has 0 spiro atoms. The molecule has 5 nitrogen and oxygen atoms in total. The number of nitrogens with zero attached hydrogens (tertiary/aromatic N) is 2. The molecule has 1 amide bonds. The molecule has 1 N–H and O–H groups in total. The van der Waals surface area contributed by atoms with E-state index in [-0.39, 0.29) is 11.9 Å². The second-order valence-electron chi connectivity index (χ2n) is 6.79. The van der Waals surface area contributed by atoms with Gasteiger partial charge in [-0.2, -0.15) is 0 Å². The van der Waals surface area contributed by atoms with Crippen LogP contribution in [-0.4, -0.2) is 48.6 Å². The van der Waals surface area contributed by atoms with Gasteiger partial charge in [0.05, 0.1) is 30.5 Å². The van der Waals surface area contributed by atoms with Gasteiger partial charge in [-0.3, -0.25) is 9.69 Å². The zero-order valence-electron chi connectivity index (χ0n) is 15.9. The lowest BCUT2D eigenvalue weighted by atomic mass is 10.0. The maximum absolute atomic E-state index is 12.8. The SMILES string of the molecule is O=C(NCC(c1ccccc1)N1CCOCC1)c1cnc(-c2ccccc2Cl)s1. The number of hydrogen-bond acceptors (Lipinski definition) is 5. The van der Waals surface area contributed by atoms with E-state index in [9.17, 15) is 4.79 Å².